The van der Waals surface area contributed by atoms with Gasteiger partial charge in [0.2, 0.25) is 0 Å². The Morgan fingerprint density at radius 2 is 1.27 bits per heavy atom. The molecule has 22 heavy (non-hydrogen) atoms. The van der Waals surface area contributed by atoms with Crippen LogP contribution in [0.2, 0.25) is 0 Å². The van der Waals surface area contributed by atoms with Gasteiger partial charge >= 0.3 is 0 Å². The third-order valence-corrected chi connectivity index (χ3v) is 4.23. The number of hydrogen-bond acceptors (Lipinski definition) is 4. The summed E-state index contributed by atoms with van der Waals surface area (Å²) in [6.07, 6.45) is 0. The molecule has 4 aromatic carbocycles. The highest BCUT2D eigenvalue weighted by molar-refractivity contribution is 6.25. The highest BCUT2D eigenvalue weighted by Crippen LogP contribution is 2.39. The summed E-state index contributed by atoms with van der Waals surface area (Å²) in [7, 11) is 0. The lowest BCUT2D eigenvalue weighted by Crippen LogP contribution is -1.97. The van der Waals surface area contributed by atoms with Gasteiger partial charge in [-0.15, -0.1) is 0 Å². The molecule has 4 aromatic rings. The Balaban J connectivity index is 2.33. The lowest BCUT2D eigenvalue weighted by Gasteiger charge is -2.13. The highest BCUT2D eigenvalue weighted by atomic mass is 14.7. The average molecular weight is 288 g/mol. The van der Waals surface area contributed by atoms with Crippen molar-refractivity contribution < 1.29 is 0 Å². The normalized spacial score (nSPS) is 11.5. The monoisotopic (exact) mass is 288 g/mol. The first-order chi connectivity index (χ1) is 10.6. The van der Waals surface area contributed by atoms with Crippen LogP contribution in [-0.4, -0.2) is 0 Å². The van der Waals surface area contributed by atoms with Gasteiger partial charge in [-0.05, 0) is 45.8 Å². The van der Waals surface area contributed by atoms with Gasteiger partial charge in [0.05, 0.1) is 11.4 Å². The molecular weight excluding hydrogens is 272 g/mol. The predicted molar refractivity (Wildman–Crippen MR) is 96.6 cm³/mol. The summed E-state index contributed by atoms with van der Waals surface area (Å²) >= 11 is 0. The fraction of sp³-hybridized carbons (Fsp3) is 0. The Morgan fingerprint density at radius 1 is 0.545 bits per heavy atom. The Bertz CT molecular complexity index is 1070. The molecule has 4 rings (SSSR count). The van der Waals surface area contributed by atoms with E-state index in [0.29, 0.717) is 17.1 Å². The minimum Gasteiger partial charge on any atom is -0.399 e. The molecule has 0 bridgehead atoms. The summed E-state index contributed by atoms with van der Waals surface area (Å²) in [5.74, 6) is 0. The number of hydrogen-bond donors (Lipinski definition) is 4. The largest absolute Gasteiger partial charge is 0.399 e. The molecule has 108 valence electrons. The SMILES string of the molecule is Nc1ccc2c(c1)cc(N)c1c2ccc2ccc(N)c(N)c21. The molecule has 0 saturated heterocycles. The van der Waals surface area contributed by atoms with Gasteiger partial charge in [-0.3, -0.25) is 0 Å². The van der Waals surface area contributed by atoms with E-state index in [1.807, 2.05) is 42.5 Å². The molecule has 4 nitrogen and oxygen atoms in total. The standard InChI is InChI=1S/C18H16N4/c19-11-3-5-12-10(7-11)8-15(21)17-13(12)4-1-9-2-6-14(20)18(22)16(9)17/h1-8H,19-22H2. The van der Waals surface area contributed by atoms with Crippen molar-refractivity contribution in [3.63, 3.8) is 0 Å². The molecule has 0 unspecified atom stereocenters. The summed E-state index contributed by atoms with van der Waals surface area (Å²) < 4.78 is 0. The van der Waals surface area contributed by atoms with Crippen LogP contribution in [-0.2, 0) is 0 Å². The van der Waals surface area contributed by atoms with Crippen molar-refractivity contribution >= 4 is 55.1 Å². The van der Waals surface area contributed by atoms with E-state index in [-0.39, 0.29) is 0 Å². The van der Waals surface area contributed by atoms with Gasteiger partial charge < -0.3 is 22.9 Å². The first-order valence-corrected chi connectivity index (χ1v) is 7.04. The van der Waals surface area contributed by atoms with Crippen LogP contribution in [0.5, 0.6) is 0 Å². The van der Waals surface area contributed by atoms with Crippen LogP contribution in [0.15, 0.2) is 48.5 Å². The zero-order valence-corrected chi connectivity index (χ0v) is 11.9. The Labute approximate surface area is 127 Å². The summed E-state index contributed by atoms with van der Waals surface area (Å²) in [5, 5.41) is 6.06. The fourth-order valence-corrected chi connectivity index (χ4v) is 3.17. The second-order valence-corrected chi connectivity index (χ2v) is 5.60. The minimum absolute atomic E-state index is 0.566. The van der Waals surface area contributed by atoms with Gasteiger partial charge in [0.15, 0.2) is 0 Å². The molecule has 0 atom stereocenters. The third kappa shape index (κ3) is 1.58. The average Bonchev–Trinajstić information content (AvgIpc) is 2.50. The molecule has 0 amide bonds. The first-order valence-electron chi connectivity index (χ1n) is 7.04. The molecule has 0 heterocycles. The number of nitrogen functional groups attached to an aromatic ring is 4. The fourth-order valence-electron chi connectivity index (χ4n) is 3.17. The second-order valence-electron chi connectivity index (χ2n) is 5.60. The van der Waals surface area contributed by atoms with Crippen molar-refractivity contribution in [2.45, 2.75) is 0 Å². The van der Waals surface area contributed by atoms with Crippen molar-refractivity contribution in [2.75, 3.05) is 22.9 Å². The topological polar surface area (TPSA) is 104 Å². The Kier molecular flexibility index (Phi) is 2.39. The van der Waals surface area contributed by atoms with Crippen LogP contribution in [0.25, 0.3) is 32.3 Å². The molecule has 0 spiro atoms. The van der Waals surface area contributed by atoms with Crippen LogP contribution in [0, 0.1) is 0 Å². The molecule has 8 N–H and O–H groups in total. The van der Waals surface area contributed by atoms with E-state index >= 15 is 0 Å². The van der Waals surface area contributed by atoms with Crippen LogP contribution in [0.3, 0.4) is 0 Å². The summed E-state index contributed by atoms with van der Waals surface area (Å²) in [4.78, 5) is 0. The van der Waals surface area contributed by atoms with Gasteiger partial charge in [0.1, 0.15) is 0 Å². The van der Waals surface area contributed by atoms with Gasteiger partial charge in [-0.1, -0.05) is 24.3 Å². The van der Waals surface area contributed by atoms with E-state index in [2.05, 4.69) is 6.07 Å². The molecule has 0 fully saturated rings. The van der Waals surface area contributed by atoms with Crippen LogP contribution in [0.4, 0.5) is 22.7 Å². The molecule has 0 aliphatic heterocycles. The minimum atomic E-state index is 0.566. The smallest absolute Gasteiger partial charge is 0.0634 e. The molecule has 0 aliphatic rings. The van der Waals surface area contributed by atoms with Crippen molar-refractivity contribution in [1.82, 2.24) is 0 Å². The maximum atomic E-state index is 6.32. The van der Waals surface area contributed by atoms with E-state index in [9.17, 15) is 0 Å². The second kappa shape index (κ2) is 4.18. The molecule has 0 aliphatic carbocycles. The first kappa shape index (κ1) is 12.6. The number of fused-ring (bicyclic) bond motifs is 5. The Hall–Kier alpha value is -3.14. The number of anilines is 4. The zero-order valence-electron chi connectivity index (χ0n) is 11.9. The number of rotatable bonds is 0. The molecule has 0 radical (unpaired) electrons. The summed E-state index contributed by atoms with van der Waals surface area (Å²) in [6.45, 7) is 0. The van der Waals surface area contributed by atoms with E-state index in [1.54, 1.807) is 0 Å². The van der Waals surface area contributed by atoms with Gasteiger partial charge in [0, 0.05) is 22.1 Å². The maximum absolute atomic E-state index is 6.32. The van der Waals surface area contributed by atoms with E-state index in [4.69, 9.17) is 22.9 Å². The van der Waals surface area contributed by atoms with Gasteiger partial charge in [0.25, 0.3) is 0 Å². The lowest BCUT2D eigenvalue weighted by atomic mass is 9.94. The van der Waals surface area contributed by atoms with Crippen LogP contribution >= 0.6 is 0 Å². The number of nitrogens with two attached hydrogens (primary N) is 4. The molecule has 4 heteroatoms. The number of benzene rings is 4. The summed E-state index contributed by atoms with van der Waals surface area (Å²) in [6, 6.07) is 15.7. The Morgan fingerprint density at radius 3 is 2.09 bits per heavy atom. The van der Waals surface area contributed by atoms with Crippen LogP contribution < -0.4 is 22.9 Å². The van der Waals surface area contributed by atoms with Gasteiger partial charge in [-0.2, -0.15) is 0 Å². The highest BCUT2D eigenvalue weighted by Gasteiger charge is 2.12. The molecule has 0 saturated carbocycles. The van der Waals surface area contributed by atoms with E-state index in [1.165, 1.54) is 0 Å². The van der Waals surface area contributed by atoms with E-state index < -0.39 is 0 Å². The van der Waals surface area contributed by atoms with Crippen LogP contribution in [0.1, 0.15) is 0 Å². The van der Waals surface area contributed by atoms with E-state index in [0.717, 1.165) is 38.0 Å². The lowest BCUT2D eigenvalue weighted by molar-refractivity contribution is 1.72. The predicted octanol–water partition coefficient (Wildman–Crippen LogP) is 3.48. The summed E-state index contributed by atoms with van der Waals surface area (Å²) in [5.41, 5.74) is 26.9. The van der Waals surface area contributed by atoms with Gasteiger partial charge in [-0.25, -0.2) is 0 Å². The van der Waals surface area contributed by atoms with Crippen molar-refractivity contribution in [1.29, 1.82) is 0 Å². The quantitative estimate of drug-likeness (QED) is 0.294. The maximum Gasteiger partial charge on any atom is 0.0634 e. The van der Waals surface area contributed by atoms with Crippen molar-refractivity contribution in [2.24, 2.45) is 0 Å². The molecular formula is C18H16N4. The zero-order chi connectivity index (χ0) is 15.4. The third-order valence-electron chi connectivity index (χ3n) is 4.23. The van der Waals surface area contributed by atoms with Crippen molar-refractivity contribution in [3.05, 3.63) is 48.5 Å². The van der Waals surface area contributed by atoms with Crippen molar-refractivity contribution in [3.8, 4) is 0 Å². The molecule has 0 aromatic heterocycles.